The second kappa shape index (κ2) is 9.79. The summed E-state index contributed by atoms with van der Waals surface area (Å²) in [5.74, 6) is 2.46. The Morgan fingerprint density at radius 3 is 2.64 bits per heavy atom. The fourth-order valence-corrected chi connectivity index (χ4v) is 4.79. The fourth-order valence-electron chi connectivity index (χ4n) is 4.79. The molecular weight excluding hydrogens is 412 g/mol. The highest BCUT2D eigenvalue weighted by molar-refractivity contribution is 5.92. The van der Waals surface area contributed by atoms with E-state index >= 15 is 0 Å². The minimum atomic E-state index is -0.0480. The Kier molecular flexibility index (Phi) is 6.44. The number of hydrogen-bond donors (Lipinski definition) is 3. The van der Waals surface area contributed by atoms with Crippen LogP contribution < -0.4 is 15.4 Å². The average molecular weight is 445 g/mol. The van der Waals surface area contributed by atoms with Crippen molar-refractivity contribution < 1.29 is 9.53 Å². The first-order chi connectivity index (χ1) is 16.2. The molecule has 0 aliphatic heterocycles. The first-order valence-corrected chi connectivity index (χ1v) is 12.0. The monoisotopic (exact) mass is 444 g/mol. The van der Waals surface area contributed by atoms with Gasteiger partial charge in [-0.15, -0.1) is 0 Å². The van der Waals surface area contributed by atoms with Crippen LogP contribution in [0.25, 0.3) is 0 Å². The maximum absolute atomic E-state index is 12.6. The third-order valence-electron chi connectivity index (χ3n) is 7.16. The van der Waals surface area contributed by atoms with Gasteiger partial charge in [-0.3, -0.25) is 9.89 Å². The van der Waals surface area contributed by atoms with E-state index < -0.39 is 0 Å². The van der Waals surface area contributed by atoms with Gasteiger partial charge in [0.25, 0.3) is 0 Å². The number of nitrogens with one attached hydrogen (secondary N) is 3. The van der Waals surface area contributed by atoms with Gasteiger partial charge in [0, 0.05) is 18.2 Å². The number of rotatable bonds is 9. The number of anilines is 1. The van der Waals surface area contributed by atoms with Crippen molar-refractivity contribution in [1.29, 1.82) is 0 Å². The third kappa shape index (κ3) is 5.11. The van der Waals surface area contributed by atoms with Crippen molar-refractivity contribution in [3.63, 3.8) is 0 Å². The van der Waals surface area contributed by atoms with Crippen molar-refractivity contribution in [1.82, 2.24) is 15.5 Å². The zero-order valence-corrected chi connectivity index (χ0v) is 19.1. The van der Waals surface area contributed by atoms with Gasteiger partial charge in [0.2, 0.25) is 5.91 Å². The lowest BCUT2D eigenvalue weighted by Gasteiger charge is -2.36. The number of aromatic nitrogens is 2. The number of benzene rings is 2. The van der Waals surface area contributed by atoms with Crippen molar-refractivity contribution >= 4 is 11.7 Å². The third-order valence-corrected chi connectivity index (χ3v) is 7.16. The summed E-state index contributed by atoms with van der Waals surface area (Å²) in [5.41, 5.74) is 4.85. The van der Waals surface area contributed by atoms with Gasteiger partial charge in [-0.05, 0) is 66.3 Å². The van der Waals surface area contributed by atoms with Crippen molar-refractivity contribution in [3.8, 4) is 5.75 Å². The normalized spacial score (nSPS) is 20.0. The number of amides is 1. The van der Waals surface area contributed by atoms with E-state index in [1.807, 2.05) is 30.5 Å². The Balaban J connectivity index is 1.15. The molecule has 1 heterocycles. The van der Waals surface area contributed by atoms with Gasteiger partial charge >= 0.3 is 0 Å². The highest BCUT2D eigenvalue weighted by Gasteiger charge is 2.34. The lowest BCUT2D eigenvalue weighted by atomic mass is 9.69. The van der Waals surface area contributed by atoms with Gasteiger partial charge in [-0.2, -0.15) is 5.10 Å². The molecule has 33 heavy (non-hydrogen) atoms. The molecular formula is C27H32N4O2. The molecule has 2 aliphatic carbocycles. The quantitative estimate of drug-likeness (QED) is 0.438. The Morgan fingerprint density at radius 2 is 1.91 bits per heavy atom. The molecule has 2 aromatic carbocycles. The highest BCUT2D eigenvalue weighted by atomic mass is 16.5. The fraction of sp³-hybridized carbons (Fsp3) is 0.407. The van der Waals surface area contributed by atoms with Crippen molar-refractivity contribution in [3.05, 3.63) is 77.0 Å². The molecule has 1 amide bonds. The standard InChI is InChI=1S/C27H32N4O2/c1-33-24-10-8-18(9-11-24)13-26(32)30-27-25(17-29-31-27)22-14-21(15-22)20-5-2-4-19(12-20)16-28-23-6-3-7-23/h2,4-5,8-12,17,21-23,28H,3,6-7,13-16H2,1H3,(H2,29,30,31,32). The van der Waals surface area contributed by atoms with Crippen LogP contribution >= 0.6 is 0 Å². The summed E-state index contributed by atoms with van der Waals surface area (Å²) < 4.78 is 5.18. The number of H-pyrrole nitrogens is 1. The second-order valence-electron chi connectivity index (χ2n) is 9.39. The minimum absolute atomic E-state index is 0.0480. The number of carbonyl (C=O) groups excluding carboxylic acids is 1. The highest BCUT2D eigenvalue weighted by Crippen LogP contribution is 2.49. The van der Waals surface area contributed by atoms with Crippen LogP contribution in [0, 0.1) is 0 Å². The van der Waals surface area contributed by atoms with Crippen LogP contribution in [0.2, 0.25) is 0 Å². The van der Waals surface area contributed by atoms with Crippen LogP contribution in [0.1, 0.15) is 66.2 Å². The van der Waals surface area contributed by atoms with Crippen LogP contribution in [0.4, 0.5) is 5.82 Å². The smallest absolute Gasteiger partial charge is 0.229 e. The van der Waals surface area contributed by atoms with Gasteiger partial charge in [0.15, 0.2) is 0 Å². The predicted molar refractivity (Wildman–Crippen MR) is 130 cm³/mol. The molecule has 0 spiro atoms. The molecule has 1 aromatic heterocycles. The summed E-state index contributed by atoms with van der Waals surface area (Å²) in [7, 11) is 1.64. The van der Waals surface area contributed by atoms with Gasteiger partial charge in [0.1, 0.15) is 11.6 Å². The number of carbonyl (C=O) groups is 1. The molecule has 2 aliphatic rings. The topological polar surface area (TPSA) is 79.0 Å². The van der Waals surface area contributed by atoms with Crippen LogP contribution in [0.5, 0.6) is 5.75 Å². The number of ether oxygens (including phenoxy) is 1. The van der Waals surface area contributed by atoms with E-state index in [2.05, 4.69) is 45.1 Å². The largest absolute Gasteiger partial charge is 0.497 e. The first-order valence-electron chi connectivity index (χ1n) is 12.0. The molecule has 172 valence electrons. The van der Waals surface area contributed by atoms with E-state index in [9.17, 15) is 4.79 Å². The summed E-state index contributed by atoms with van der Waals surface area (Å²) in [6, 6.07) is 17.3. The molecule has 0 saturated heterocycles. The molecule has 2 saturated carbocycles. The van der Waals surface area contributed by atoms with Crippen LogP contribution in [0.3, 0.4) is 0 Å². The Morgan fingerprint density at radius 1 is 1.09 bits per heavy atom. The molecule has 6 nitrogen and oxygen atoms in total. The van der Waals surface area contributed by atoms with Gasteiger partial charge < -0.3 is 15.4 Å². The summed E-state index contributed by atoms with van der Waals surface area (Å²) in [6.45, 7) is 0.959. The number of methoxy groups -OCH3 is 1. The van der Waals surface area contributed by atoms with E-state index in [1.54, 1.807) is 7.11 Å². The van der Waals surface area contributed by atoms with E-state index in [1.165, 1.54) is 30.4 Å². The van der Waals surface area contributed by atoms with Crippen LogP contribution in [-0.2, 0) is 17.8 Å². The maximum Gasteiger partial charge on any atom is 0.229 e. The molecule has 3 N–H and O–H groups in total. The lowest BCUT2D eigenvalue weighted by Crippen LogP contribution is -2.34. The number of hydrogen-bond acceptors (Lipinski definition) is 4. The molecule has 2 fully saturated rings. The lowest BCUT2D eigenvalue weighted by molar-refractivity contribution is -0.115. The van der Waals surface area contributed by atoms with Gasteiger partial charge in [-0.1, -0.05) is 42.8 Å². The van der Waals surface area contributed by atoms with Crippen molar-refractivity contribution in [2.75, 3.05) is 12.4 Å². The summed E-state index contributed by atoms with van der Waals surface area (Å²) in [5, 5.41) is 13.9. The van der Waals surface area contributed by atoms with E-state index in [0.717, 1.165) is 42.1 Å². The zero-order valence-electron chi connectivity index (χ0n) is 19.1. The number of nitrogens with zero attached hydrogens (tertiary/aromatic N) is 1. The van der Waals surface area contributed by atoms with Crippen molar-refractivity contribution in [2.24, 2.45) is 0 Å². The van der Waals surface area contributed by atoms with Gasteiger partial charge in [-0.25, -0.2) is 0 Å². The Hall–Kier alpha value is -3.12. The average Bonchev–Trinajstić information content (AvgIpc) is 3.20. The molecule has 6 heteroatoms. The Bertz CT molecular complexity index is 1080. The minimum Gasteiger partial charge on any atom is -0.497 e. The molecule has 5 rings (SSSR count). The van der Waals surface area contributed by atoms with Crippen LogP contribution in [-0.4, -0.2) is 29.3 Å². The second-order valence-corrected chi connectivity index (χ2v) is 9.39. The zero-order chi connectivity index (χ0) is 22.6. The van der Waals surface area contributed by atoms with Crippen LogP contribution in [0.15, 0.2) is 54.7 Å². The van der Waals surface area contributed by atoms with E-state index in [0.29, 0.717) is 24.3 Å². The summed E-state index contributed by atoms with van der Waals surface area (Å²) >= 11 is 0. The SMILES string of the molecule is COc1ccc(CC(=O)Nc2[nH]ncc2C2CC(c3cccc(CNC4CCC4)c3)C2)cc1. The van der Waals surface area contributed by atoms with Crippen molar-refractivity contribution in [2.45, 2.75) is 62.9 Å². The number of aromatic amines is 1. The Labute approximate surface area is 195 Å². The molecule has 0 unspecified atom stereocenters. The maximum atomic E-state index is 12.6. The molecule has 3 aromatic rings. The van der Waals surface area contributed by atoms with E-state index in [-0.39, 0.29) is 5.91 Å². The summed E-state index contributed by atoms with van der Waals surface area (Å²) in [4.78, 5) is 12.6. The molecule has 0 atom stereocenters. The molecule has 0 bridgehead atoms. The molecule has 0 radical (unpaired) electrons. The summed E-state index contributed by atoms with van der Waals surface area (Å²) in [6.07, 6.45) is 8.33. The van der Waals surface area contributed by atoms with Gasteiger partial charge in [0.05, 0.1) is 19.7 Å². The van der Waals surface area contributed by atoms with E-state index in [4.69, 9.17) is 4.74 Å². The predicted octanol–water partition coefficient (Wildman–Crippen LogP) is 4.90. The first kappa shape index (κ1) is 21.7.